The lowest BCUT2D eigenvalue weighted by Crippen LogP contribution is -2.13. The minimum absolute atomic E-state index is 0.531. The molecule has 5 heteroatoms. The van der Waals surface area contributed by atoms with Crippen LogP contribution in [-0.4, -0.2) is 19.5 Å². The zero-order valence-electron chi connectivity index (χ0n) is 19.3. The molecule has 5 nitrogen and oxygen atoms in total. The number of benzene rings is 3. The number of aromatic nitrogens is 4. The van der Waals surface area contributed by atoms with Gasteiger partial charge in [-0.2, -0.15) is 5.26 Å². The van der Waals surface area contributed by atoms with E-state index in [9.17, 15) is 5.26 Å². The Bertz CT molecular complexity index is 1740. The average Bonchev–Trinajstić information content (AvgIpc) is 3.47. The molecule has 0 spiro atoms. The van der Waals surface area contributed by atoms with Crippen LogP contribution in [0.25, 0.3) is 49.7 Å². The summed E-state index contributed by atoms with van der Waals surface area (Å²) in [5, 5.41) is 11.7. The van der Waals surface area contributed by atoms with Crippen molar-refractivity contribution in [2.75, 3.05) is 0 Å². The van der Waals surface area contributed by atoms with Crippen molar-refractivity contribution in [1.82, 2.24) is 19.5 Å². The SMILES string of the molecule is Cc1nc2cnc3ccc(-c4ccc5[nH]ccc5c4)cc3c2n1-c1ccc(C(C)(C)C#N)cc1. The topological polar surface area (TPSA) is 70.3 Å². The van der Waals surface area contributed by atoms with E-state index in [1.54, 1.807) is 0 Å². The number of aromatic amines is 1. The number of hydrogen-bond acceptors (Lipinski definition) is 3. The van der Waals surface area contributed by atoms with E-state index < -0.39 is 5.41 Å². The number of nitrogens with zero attached hydrogens (tertiary/aromatic N) is 4. The Balaban J connectivity index is 1.56. The van der Waals surface area contributed by atoms with Crippen LogP contribution in [0.15, 0.2) is 79.1 Å². The first-order valence-electron chi connectivity index (χ1n) is 11.3. The van der Waals surface area contributed by atoms with Gasteiger partial charge in [0.05, 0.1) is 28.7 Å². The summed E-state index contributed by atoms with van der Waals surface area (Å²) in [7, 11) is 0. The highest BCUT2D eigenvalue weighted by Crippen LogP contribution is 2.33. The molecule has 6 aromatic rings. The first kappa shape index (κ1) is 20.2. The molecule has 0 radical (unpaired) electrons. The Morgan fingerprint density at radius 1 is 0.912 bits per heavy atom. The quantitative estimate of drug-likeness (QED) is 0.327. The van der Waals surface area contributed by atoms with Gasteiger partial charge in [0.1, 0.15) is 11.3 Å². The summed E-state index contributed by atoms with van der Waals surface area (Å²) in [5.74, 6) is 0.899. The van der Waals surface area contributed by atoms with Crippen LogP contribution >= 0.6 is 0 Å². The molecule has 0 bridgehead atoms. The lowest BCUT2D eigenvalue weighted by atomic mass is 9.86. The molecule has 3 heterocycles. The van der Waals surface area contributed by atoms with Crippen LogP contribution in [0, 0.1) is 18.3 Å². The normalized spacial score (nSPS) is 11.9. The maximum atomic E-state index is 9.50. The number of hydrogen-bond donors (Lipinski definition) is 1. The van der Waals surface area contributed by atoms with Gasteiger partial charge in [-0.3, -0.25) is 9.55 Å². The summed E-state index contributed by atoms with van der Waals surface area (Å²) in [4.78, 5) is 12.7. The molecule has 0 saturated heterocycles. The van der Waals surface area contributed by atoms with Gasteiger partial charge in [-0.1, -0.05) is 24.3 Å². The lowest BCUT2D eigenvalue weighted by molar-refractivity contribution is 0.686. The van der Waals surface area contributed by atoms with Crippen LogP contribution in [0.4, 0.5) is 0 Å². The van der Waals surface area contributed by atoms with Gasteiger partial charge >= 0.3 is 0 Å². The molecule has 0 fully saturated rings. The number of pyridine rings is 1. The summed E-state index contributed by atoms with van der Waals surface area (Å²) < 4.78 is 2.18. The molecule has 0 aliphatic heterocycles. The van der Waals surface area contributed by atoms with E-state index >= 15 is 0 Å². The molecule has 0 unspecified atom stereocenters. The fraction of sp³-hybridized carbons (Fsp3) is 0.138. The molecule has 0 aliphatic carbocycles. The van der Waals surface area contributed by atoms with Crippen molar-refractivity contribution in [2.45, 2.75) is 26.2 Å². The highest BCUT2D eigenvalue weighted by atomic mass is 15.1. The molecule has 3 aromatic carbocycles. The first-order chi connectivity index (χ1) is 16.4. The van der Waals surface area contributed by atoms with Gasteiger partial charge in [0, 0.05) is 22.8 Å². The second-order valence-corrected chi connectivity index (χ2v) is 9.28. The third-order valence-electron chi connectivity index (χ3n) is 6.66. The van der Waals surface area contributed by atoms with Crippen LogP contribution < -0.4 is 0 Å². The smallest absolute Gasteiger partial charge is 0.111 e. The van der Waals surface area contributed by atoms with E-state index in [0.717, 1.165) is 55.7 Å². The number of nitriles is 1. The highest BCUT2D eigenvalue weighted by Gasteiger charge is 2.20. The van der Waals surface area contributed by atoms with Gasteiger partial charge in [0.15, 0.2) is 0 Å². The van der Waals surface area contributed by atoms with Crippen molar-refractivity contribution in [2.24, 2.45) is 0 Å². The van der Waals surface area contributed by atoms with Gasteiger partial charge < -0.3 is 4.98 Å². The number of nitrogens with one attached hydrogen (secondary N) is 1. The average molecular weight is 442 g/mol. The second-order valence-electron chi connectivity index (χ2n) is 9.28. The van der Waals surface area contributed by atoms with E-state index in [0.29, 0.717) is 0 Å². The fourth-order valence-corrected chi connectivity index (χ4v) is 4.69. The Morgan fingerprint density at radius 2 is 1.68 bits per heavy atom. The number of rotatable bonds is 3. The van der Waals surface area contributed by atoms with Crippen molar-refractivity contribution >= 4 is 32.8 Å². The summed E-state index contributed by atoms with van der Waals surface area (Å²) in [6.07, 6.45) is 3.81. The first-order valence-corrected chi connectivity index (χ1v) is 11.3. The Morgan fingerprint density at radius 3 is 2.47 bits per heavy atom. The minimum atomic E-state index is -0.531. The molecular weight excluding hydrogens is 418 g/mol. The largest absolute Gasteiger partial charge is 0.361 e. The van der Waals surface area contributed by atoms with Gasteiger partial charge in [0.2, 0.25) is 0 Å². The Hall–Kier alpha value is -4.43. The standard InChI is InChI=1S/C29H23N5/c1-18-33-27-16-32-26-11-5-20(19-4-10-25-21(14-19)12-13-31-25)15-24(26)28(27)34(18)23-8-6-22(7-9-23)29(2,3)17-30/h4-16,31H,1-3H3. The lowest BCUT2D eigenvalue weighted by Gasteiger charge is -2.17. The van der Waals surface area contributed by atoms with Crippen LogP contribution in [0.5, 0.6) is 0 Å². The van der Waals surface area contributed by atoms with Crippen molar-refractivity contribution in [3.63, 3.8) is 0 Å². The molecule has 6 rings (SSSR count). The van der Waals surface area contributed by atoms with E-state index in [1.807, 2.05) is 45.3 Å². The molecule has 3 aromatic heterocycles. The number of H-pyrrole nitrogens is 1. The van der Waals surface area contributed by atoms with Crippen LogP contribution in [0.2, 0.25) is 0 Å². The van der Waals surface area contributed by atoms with E-state index in [-0.39, 0.29) is 0 Å². The van der Waals surface area contributed by atoms with Crippen molar-refractivity contribution in [1.29, 1.82) is 5.26 Å². The molecule has 0 aliphatic rings. The van der Waals surface area contributed by atoms with Crippen molar-refractivity contribution in [3.8, 4) is 22.9 Å². The molecule has 1 N–H and O–H groups in total. The number of imidazole rings is 1. The zero-order chi connectivity index (χ0) is 23.4. The zero-order valence-corrected chi connectivity index (χ0v) is 19.3. The highest BCUT2D eigenvalue weighted by molar-refractivity contribution is 6.05. The molecule has 0 saturated carbocycles. The number of fused-ring (bicyclic) bond motifs is 4. The van der Waals surface area contributed by atoms with Crippen LogP contribution in [0.3, 0.4) is 0 Å². The minimum Gasteiger partial charge on any atom is -0.361 e. The number of aryl methyl sites for hydroxylation is 1. The molecule has 0 amide bonds. The summed E-state index contributed by atoms with van der Waals surface area (Å²) in [5.41, 5.74) is 7.75. The maximum Gasteiger partial charge on any atom is 0.111 e. The third kappa shape index (κ3) is 3.07. The summed E-state index contributed by atoms with van der Waals surface area (Å²) in [6.45, 7) is 5.89. The van der Waals surface area contributed by atoms with E-state index in [4.69, 9.17) is 4.98 Å². The Kier molecular flexibility index (Phi) is 4.33. The van der Waals surface area contributed by atoms with E-state index in [2.05, 4.69) is 75.2 Å². The van der Waals surface area contributed by atoms with Crippen LogP contribution in [0.1, 0.15) is 25.2 Å². The molecule has 164 valence electrons. The third-order valence-corrected chi connectivity index (χ3v) is 6.66. The monoisotopic (exact) mass is 441 g/mol. The molecule has 34 heavy (non-hydrogen) atoms. The predicted molar refractivity (Wildman–Crippen MR) is 137 cm³/mol. The van der Waals surface area contributed by atoms with Gasteiger partial charge in [-0.25, -0.2) is 4.98 Å². The maximum absolute atomic E-state index is 9.50. The van der Waals surface area contributed by atoms with Gasteiger partial charge in [0.25, 0.3) is 0 Å². The summed E-state index contributed by atoms with van der Waals surface area (Å²) in [6, 6.07) is 25.6. The van der Waals surface area contributed by atoms with E-state index in [1.165, 1.54) is 5.39 Å². The van der Waals surface area contributed by atoms with Gasteiger partial charge in [-0.15, -0.1) is 0 Å². The van der Waals surface area contributed by atoms with Crippen molar-refractivity contribution < 1.29 is 0 Å². The second kappa shape index (κ2) is 7.29. The molecule has 0 atom stereocenters. The van der Waals surface area contributed by atoms with Crippen LogP contribution in [-0.2, 0) is 5.41 Å². The summed E-state index contributed by atoms with van der Waals surface area (Å²) >= 11 is 0. The fourth-order valence-electron chi connectivity index (χ4n) is 4.69. The van der Waals surface area contributed by atoms with Gasteiger partial charge in [-0.05, 0) is 85.3 Å². The Labute approximate surface area is 197 Å². The predicted octanol–water partition coefficient (Wildman–Crippen LogP) is 6.83. The van der Waals surface area contributed by atoms with Crippen molar-refractivity contribution in [3.05, 3.63) is 90.5 Å². The molecular formula is C29H23N5.